The third-order valence-corrected chi connectivity index (χ3v) is 12.3. The Balaban J connectivity index is 1.08. The van der Waals surface area contributed by atoms with Crippen LogP contribution in [-0.2, 0) is 20.4 Å². The largest absolute Gasteiger partial charge is 0.496 e. The summed E-state index contributed by atoms with van der Waals surface area (Å²) in [6, 6.07) is 20.8. The van der Waals surface area contributed by atoms with Crippen LogP contribution in [0.5, 0.6) is 5.75 Å². The zero-order valence-electron chi connectivity index (χ0n) is 29.6. The quantitative estimate of drug-likeness (QED) is 0.240. The van der Waals surface area contributed by atoms with Crippen LogP contribution in [0, 0.1) is 5.92 Å². The summed E-state index contributed by atoms with van der Waals surface area (Å²) < 4.78 is 5.62. The molecule has 3 saturated heterocycles. The third kappa shape index (κ3) is 7.55. The number of carboxylic acid groups (broad SMARTS) is 1. The fourth-order valence-electron chi connectivity index (χ4n) is 8.31. The van der Waals surface area contributed by atoms with E-state index in [2.05, 4.69) is 25.8 Å². The predicted octanol–water partition coefficient (Wildman–Crippen LogP) is 6.14. The third-order valence-electron chi connectivity index (χ3n) is 11.6. The van der Waals surface area contributed by atoms with E-state index in [1.54, 1.807) is 24.4 Å². The smallest absolute Gasteiger partial charge is 0.307 e. The molecule has 0 aliphatic carbocycles. The van der Waals surface area contributed by atoms with Crippen molar-refractivity contribution in [2.45, 2.75) is 49.0 Å². The van der Waals surface area contributed by atoms with E-state index in [0.29, 0.717) is 79.9 Å². The van der Waals surface area contributed by atoms with Gasteiger partial charge < -0.3 is 19.6 Å². The maximum absolute atomic E-state index is 14.2. The molecule has 7 rings (SSSR count). The summed E-state index contributed by atoms with van der Waals surface area (Å²) in [5.41, 5.74) is 5.23. The van der Waals surface area contributed by atoms with Crippen LogP contribution in [0.25, 0.3) is 0 Å². The van der Waals surface area contributed by atoms with Gasteiger partial charge in [-0.2, -0.15) is 5.11 Å². The van der Waals surface area contributed by atoms with E-state index in [9.17, 15) is 19.5 Å². The van der Waals surface area contributed by atoms with Crippen molar-refractivity contribution in [3.8, 4) is 5.75 Å². The second-order valence-electron chi connectivity index (χ2n) is 14.5. The number of carbonyl (C=O) groups excluding carboxylic acids is 2. The number of benzene rings is 3. The van der Waals surface area contributed by atoms with Crippen molar-refractivity contribution in [1.82, 2.24) is 20.2 Å². The number of aliphatic carboxylic acids is 1. The molecule has 53 heavy (non-hydrogen) atoms. The molecular weight excluding hydrogens is 717 g/mol. The van der Waals surface area contributed by atoms with Crippen molar-refractivity contribution in [3.05, 3.63) is 99.0 Å². The average Bonchev–Trinajstić information content (AvgIpc) is 3.98. The first-order valence-electron chi connectivity index (χ1n) is 18.0. The standard InChI is InChI=1S/C39H43Cl2N7O5/c1-53-34-10-7-26(33-23-42-45-43-33)21-30(34)35(49)47-20-13-38(25-47,29-8-9-31(40)32(41)22-29)12-17-46-18-14-39(15-19-46,28-5-3-2-4-6-28)37(52)44-48-16-11-27(24-48)36(50)51/h2-10,21-23,27,33H,11-20,24-25H2,1H3,(H,44,52)(H,50,51). The molecule has 278 valence electrons. The highest BCUT2D eigenvalue weighted by Crippen LogP contribution is 2.43. The molecule has 0 spiro atoms. The number of nitrogens with zero attached hydrogens (tertiary/aromatic N) is 6. The molecule has 12 nitrogen and oxygen atoms in total. The Bertz CT molecular complexity index is 1910. The normalized spacial score (nSPS) is 24.1. The van der Waals surface area contributed by atoms with E-state index in [1.165, 1.54) is 0 Å². The lowest BCUT2D eigenvalue weighted by Gasteiger charge is -2.42. The molecule has 2 N–H and O–H groups in total. The molecule has 4 heterocycles. The molecule has 0 aromatic heterocycles. The first-order chi connectivity index (χ1) is 25.6. The second kappa shape index (κ2) is 15.5. The zero-order chi connectivity index (χ0) is 37.2. The van der Waals surface area contributed by atoms with Gasteiger partial charge in [-0.25, -0.2) is 5.01 Å². The molecule has 3 fully saturated rings. The number of methoxy groups -OCH3 is 1. The lowest BCUT2D eigenvalue weighted by atomic mass is 9.71. The van der Waals surface area contributed by atoms with Gasteiger partial charge >= 0.3 is 5.97 Å². The van der Waals surface area contributed by atoms with Crippen LogP contribution in [-0.4, -0.2) is 96.8 Å². The highest BCUT2D eigenvalue weighted by atomic mass is 35.5. The van der Waals surface area contributed by atoms with Crippen molar-refractivity contribution in [1.29, 1.82) is 0 Å². The van der Waals surface area contributed by atoms with Gasteiger partial charge in [-0.3, -0.25) is 19.8 Å². The van der Waals surface area contributed by atoms with E-state index in [4.69, 9.17) is 27.9 Å². The van der Waals surface area contributed by atoms with Gasteiger partial charge in [0.2, 0.25) is 5.91 Å². The highest BCUT2D eigenvalue weighted by Gasteiger charge is 2.46. The van der Waals surface area contributed by atoms with Gasteiger partial charge in [0.25, 0.3) is 5.91 Å². The van der Waals surface area contributed by atoms with E-state index in [-0.39, 0.29) is 23.3 Å². The maximum Gasteiger partial charge on any atom is 0.307 e. The van der Waals surface area contributed by atoms with Gasteiger partial charge in [-0.05, 0) is 97.9 Å². The first kappa shape index (κ1) is 37.0. The summed E-state index contributed by atoms with van der Waals surface area (Å²) in [5, 5.41) is 23.9. The van der Waals surface area contributed by atoms with Crippen molar-refractivity contribution in [3.63, 3.8) is 0 Å². The van der Waals surface area contributed by atoms with Gasteiger partial charge in [0, 0.05) is 31.6 Å². The molecule has 2 amide bonds. The predicted molar refractivity (Wildman–Crippen MR) is 202 cm³/mol. The summed E-state index contributed by atoms with van der Waals surface area (Å²) in [6.07, 6.45) is 4.88. The number of hydrogen-bond donors (Lipinski definition) is 2. The Labute approximate surface area is 318 Å². The number of likely N-dealkylation sites (tertiary alicyclic amines) is 2. The number of piperidine rings is 1. The Morgan fingerprint density at radius 3 is 2.42 bits per heavy atom. The summed E-state index contributed by atoms with van der Waals surface area (Å²) in [6.45, 7) is 4.00. The van der Waals surface area contributed by atoms with Crippen LogP contribution in [0.4, 0.5) is 0 Å². The van der Waals surface area contributed by atoms with Gasteiger partial charge in [0.1, 0.15) is 11.8 Å². The molecule has 3 aromatic carbocycles. The number of halogens is 2. The monoisotopic (exact) mass is 759 g/mol. The van der Waals surface area contributed by atoms with Crippen LogP contribution < -0.4 is 10.2 Å². The van der Waals surface area contributed by atoms with E-state index < -0.39 is 17.3 Å². The minimum Gasteiger partial charge on any atom is -0.496 e. The maximum atomic E-state index is 14.2. The molecule has 4 aliphatic rings. The number of rotatable bonds is 11. The van der Waals surface area contributed by atoms with Crippen LogP contribution in [0.15, 0.2) is 82.2 Å². The number of hydrogen-bond acceptors (Lipinski definition) is 9. The van der Waals surface area contributed by atoms with Crippen molar-refractivity contribution in [2.24, 2.45) is 21.4 Å². The Kier molecular flexibility index (Phi) is 10.8. The van der Waals surface area contributed by atoms with Gasteiger partial charge in [0.05, 0.1) is 40.3 Å². The first-order valence-corrected chi connectivity index (χ1v) is 18.8. The zero-order valence-corrected chi connectivity index (χ0v) is 31.1. The molecule has 3 unspecified atom stereocenters. The summed E-state index contributed by atoms with van der Waals surface area (Å²) in [7, 11) is 1.56. The van der Waals surface area contributed by atoms with Crippen LogP contribution in [0.2, 0.25) is 10.0 Å². The van der Waals surface area contributed by atoms with Crippen molar-refractivity contribution in [2.75, 3.05) is 52.9 Å². The Morgan fingerprint density at radius 2 is 1.74 bits per heavy atom. The topological polar surface area (TPSA) is 140 Å². The lowest BCUT2D eigenvalue weighted by molar-refractivity contribution is -0.142. The molecule has 3 atom stereocenters. The molecule has 0 saturated carbocycles. The van der Waals surface area contributed by atoms with Crippen LogP contribution >= 0.6 is 23.2 Å². The molecular formula is C39H43Cl2N7O5. The van der Waals surface area contributed by atoms with Crippen LogP contribution in [0.1, 0.15) is 65.2 Å². The minimum atomic E-state index is -0.835. The SMILES string of the molecule is COc1ccc(C2C=NN=N2)cc1C(=O)N1CCC(CCN2CCC(C(=O)NN3CCC(C(=O)O)C3)(c3ccccc3)CC2)(c2ccc(Cl)c(Cl)c2)C1. The fraction of sp³-hybridized carbons (Fsp3) is 0.436. The van der Waals surface area contributed by atoms with Crippen molar-refractivity contribution >= 4 is 47.2 Å². The minimum absolute atomic E-state index is 0.0885. The van der Waals surface area contributed by atoms with Crippen molar-refractivity contribution < 1.29 is 24.2 Å². The molecule has 0 radical (unpaired) electrons. The number of amides is 2. The van der Waals surface area contributed by atoms with Crippen LogP contribution in [0.3, 0.4) is 0 Å². The second-order valence-corrected chi connectivity index (χ2v) is 15.3. The number of ether oxygens (including phenoxy) is 1. The average molecular weight is 761 g/mol. The number of nitrogens with one attached hydrogen (secondary N) is 1. The summed E-state index contributed by atoms with van der Waals surface area (Å²) >= 11 is 12.9. The van der Waals surface area contributed by atoms with Gasteiger partial charge in [-0.1, -0.05) is 65.7 Å². The number of hydrazine groups is 1. The van der Waals surface area contributed by atoms with Gasteiger partial charge in [-0.15, -0.1) is 5.10 Å². The lowest BCUT2D eigenvalue weighted by Crippen LogP contribution is -2.55. The highest BCUT2D eigenvalue weighted by molar-refractivity contribution is 6.42. The summed E-state index contributed by atoms with van der Waals surface area (Å²) in [5.74, 6) is -1.04. The Hall–Kier alpha value is -4.36. The number of carbonyl (C=O) groups is 3. The van der Waals surface area contributed by atoms with E-state index >= 15 is 0 Å². The molecule has 14 heteroatoms. The fourth-order valence-corrected chi connectivity index (χ4v) is 8.61. The van der Waals surface area contributed by atoms with E-state index in [1.807, 2.05) is 65.6 Å². The molecule has 3 aromatic rings. The molecule has 0 bridgehead atoms. The van der Waals surface area contributed by atoms with Gasteiger partial charge in [0.15, 0.2) is 0 Å². The number of carboxylic acids is 1. The summed E-state index contributed by atoms with van der Waals surface area (Å²) in [4.78, 5) is 44.1. The Morgan fingerprint density at radius 1 is 0.943 bits per heavy atom. The molecule has 4 aliphatic heterocycles. The van der Waals surface area contributed by atoms with E-state index in [0.717, 1.165) is 36.1 Å².